The van der Waals surface area contributed by atoms with Gasteiger partial charge in [-0.05, 0) is 71.3 Å². The number of amides is 2. The maximum Gasteiger partial charge on any atom is 0.305 e. The van der Waals surface area contributed by atoms with E-state index in [1.54, 1.807) is 12.1 Å². The van der Waals surface area contributed by atoms with Gasteiger partial charge < -0.3 is 15.3 Å². The molecule has 2 unspecified atom stereocenters. The van der Waals surface area contributed by atoms with E-state index in [2.05, 4.69) is 31.3 Å². The number of nitrogens with zero attached hydrogens (tertiary/aromatic N) is 1. The molecule has 6 nitrogen and oxygen atoms in total. The normalized spacial score (nSPS) is 14.0. The first-order valence-electron chi connectivity index (χ1n) is 13.0. The average Bonchev–Trinajstić information content (AvgIpc) is 3.35. The van der Waals surface area contributed by atoms with Crippen LogP contribution in [0.15, 0.2) is 66.7 Å². The molecule has 0 fully saturated rings. The van der Waals surface area contributed by atoms with Gasteiger partial charge in [-0.15, -0.1) is 0 Å². The van der Waals surface area contributed by atoms with Crippen molar-refractivity contribution < 1.29 is 19.5 Å². The first kappa shape index (κ1) is 27.4. The lowest BCUT2D eigenvalue weighted by Gasteiger charge is -2.31. The molecule has 0 radical (unpaired) electrons. The van der Waals surface area contributed by atoms with Crippen molar-refractivity contribution >= 4 is 29.4 Å². The Kier molecular flexibility index (Phi) is 8.85. The fraction of sp³-hybridized carbons (Fsp3) is 0.323. The Morgan fingerprint density at radius 3 is 2.29 bits per heavy atom. The van der Waals surface area contributed by atoms with Gasteiger partial charge in [0.25, 0.3) is 5.91 Å². The molecule has 1 aliphatic heterocycles. The number of aliphatic carboxylic acids is 1. The Balaban J connectivity index is 1.63. The van der Waals surface area contributed by atoms with Gasteiger partial charge in [0.05, 0.1) is 12.3 Å². The molecule has 3 aromatic carbocycles. The summed E-state index contributed by atoms with van der Waals surface area (Å²) in [5.74, 6) is -1.70. The topological polar surface area (TPSA) is 86.7 Å². The fourth-order valence-electron chi connectivity index (χ4n) is 5.26. The van der Waals surface area contributed by atoms with Crippen molar-refractivity contribution in [2.45, 2.75) is 58.0 Å². The molecule has 3 aromatic rings. The van der Waals surface area contributed by atoms with Crippen molar-refractivity contribution in [1.82, 2.24) is 10.2 Å². The van der Waals surface area contributed by atoms with Crippen molar-refractivity contribution in [3.05, 3.63) is 105 Å². The number of halogens is 1. The van der Waals surface area contributed by atoms with Gasteiger partial charge in [-0.1, -0.05) is 67.4 Å². The summed E-state index contributed by atoms with van der Waals surface area (Å²) in [6, 6.07) is 21.0. The third-order valence-corrected chi connectivity index (χ3v) is 7.50. The number of fused-ring (bicyclic) bond motifs is 1. The molecule has 1 heterocycles. The standard InChI is InChI=1S/C31H33ClN2O4/c1-3-5-26(21-8-10-23(11-9-21)30(37)33-17-16-28(35)36)29(22-12-14-25(32)15-13-22)31(38)34-18-24-7-4-6-20(2)27(24)19-34/h4,6-15,26,29H,3,5,16-19H2,1-2H3,(H,33,37)(H,35,36). The molecule has 0 saturated heterocycles. The highest BCUT2D eigenvalue weighted by atomic mass is 35.5. The number of hydrogen-bond donors (Lipinski definition) is 2. The van der Waals surface area contributed by atoms with Gasteiger partial charge in [0.1, 0.15) is 0 Å². The van der Waals surface area contributed by atoms with Gasteiger partial charge in [0.15, 0.2) is 0 Å². The maximum atomic E-state index is 14.2. The van der Waals surface area contributed by atoms with E-state index in [9.17, 15) is 14.4 Å². The minimum absolute atomic E-state index is 0.0687. The second-order valence-corrected chi connectivity index (χ2v) is 10.3. The molecule has 7 heteroatoms. The van der Waals surface area contributed by atoms with Crippen LogP contribution in [-0.2, 0) is 22.7 Å². The van der Waals surface area contributed by atoms with Crippen molar-refractivity contribution in [3.63, 3.8) is 0 Å². The molecule has 0 saturated carbocycles. The number of rotatable bonds is 10. The van der Waals surface area contributed by atoms with Crippen molar-refractivity contribution in [2.24, 2.45) is 0 Å². The van der Waals surface area contributed by atoms with Crippen LogP contribution in [0.3, 0.4) is 0 Å². The van der Waals surface area contributed by atoms with E-state index < -0.39 is 11.9 Å². The molecule has 1 aliphatic rings. The van der Waals surface area contributed by atoms with E-state index in [0.717, 1.165) is 24.0 Å². The number of carboxylic acids is 1. The molecule has 0 aromatic heterocycles. The van der Waals surface area contributed by atoms with Crippen LogP contribution in [0.25, 0.3) is 0 Å². The number of aryl methyl sites for hydroxylation is 1. The molecule has 4 rings (SSSR count). The summed E-state index contributed by atoms with van der Waals surface area (Å²) < 4.78 is 0. The van der Waals surface area contributed by atoms with Crippen LogP contribution < -0.4 is 5.32 Å². The van der Waals surface area contributed by atoms with Gasteiger partial charge in [-0.25, -0.2) is 0 Å². The first-order chi connectivity index (χ1) is 18.3. The molecule has 2 atom stereocenters. The van der Waals surface area contributed by atoms with Crippen LogP contribution in [0, 0.1) is 6.92 Å². The first-order valence-corrected chi connectivity index (χ1v) is 13.4. The number of carbonyl (C=O) groups excluding carboxylic acids is 2. The zero-order valence-corrected chi connectivity index (χ0v) is 22.5. The minimum Gasteiger partial charge on any atom is -0.481 e. The summed E-state index contributed by atoms with van der Waals surface area (Å²) >= 11 is 6.19. The van der Waals surface area contributed by atoms with Crippen molar-refractivity contribution in [2.75, 3.05) is 6.54 Å². The number of carboxylic acid groups (broad SMARTS) is 1. The van der Waals surface area contributed by atoms with Gasteiger partial charge in [0.2, 0.25) is 5.91 Å². The zero-order chi connectivity index (χ0) is 27.2. The van der Waals surface area contributed by atoms with Gasteiger partial charge in [-0.2, -0.15) is 0 Å². The number of carbonyl (C=O) groups is 3. The fourth-order valence-corrected chi connectivity index (χ4v) is 5.39. The monoisotopic (exact) mass is 532 g/mol. The number of benzene rings is 3. The SMILES string of the molecule is CCCC(c1ccc(C(=O)NCCC(=O)O)cc1)C(C(=O)N1Cc2cccc(C)c2C1)c1ccc(Cl)cc1. The predicted molar refractivity (Wildman–Crippen MR) is 148 cm³/mol. The zero-order valence-electron chi connectivity index (χ0n) is 21.7. The Morgan fingerprint density at radius 2 is 1.66 bits per heavy atom. The van der Waals surface area contributed by atoms with E-state index in [1.807, 2.05) is 47.4 Å². The highest BCUT2D eigenvalue weighted by Gasteiger charge is 2.36. The Hall–Kier alpha value is -3.64. The molecule has 2 N–H and O–H groups in total. The van der Waals surface area contributed by atoms with E-state index in [1.165, 1.54) is 16.7 Å². The van der Waals surface area contributed by atoms with Crippen molar-refractivity contribution in [3.8, 4) is 0 Å². The molecule has 198 valence electrons. The van der Waals surface area contributed by atoms with Gasteiger partial charge in [-0.3, -0.25) is 14.4 Å². The van der Waals surface area contributed by atoms with Crippen LogP contribution >= 0.6 is 11.6 Å². The Morgan fingerprint density at radius 1 is 0.974 bits per heavy atom. The third-order valence-electron chi connectivity index (χ3n) is 7.25. The quantitative estimate of drug-likeness (QED) is 0.332. The lowest BCUT2D eigenvalue weighted by Crippen LogP contribution is -2.34. The van der Waals surface area contributed by atoms with E-state index in [-0.39, 0.29) is 30.7 Å². The third kappa shape index (κ3) is 6.25. The lowest BCUT2D eigenvalue weighted by molar-refractivity contribution is -0.137. The van der Waals surface area contributed by atoms with Crippen LogP contribution in [-0.4, -0.2) is 34.3 Å². The molecule has 0 aliphatic carbocycles. The number of nitrogens with one attached hydrogen (secondary N) is 1. The molecule has 0 bridgehead atoms. The summed E-state index contributed by atoms with van der Waals surface area (Å²) in [6.07, 6.45) is 1.55. The summed E-state index contributed by atoms with van der Waals surface area (Å²) in [6.45, 7) is 5.45. The molecular weight excluding hydrogens is 500 g/mol. The van der Waals surface area contributed by atoms with Gasteiger partial charge in [0, 0.05) is 30.2 Å². The van der Waals surface area contributed by atoms with Crippen LogP contribution in [0.1, 0.15) is 76.2 Å². The second-order valence-electron chi connectivity index (χ2n) is 9.85. The molecule has 38 heavy (non-hydrogen) atoms. The van der Waals surface area contributed by atoms with Crippen LogP contribution in [0.2, 0.25) is 5.02 Å². The predicted octanol–water partition coefficient (Wildman–Crippen LogP) is 6.06. The smallest absolute Gasteiger partial charge is 0.305 e. The number of hydrogen-bond acceptors (Lipinski definition) is 3. The van der Waals surface area contributed by atoms with Crippen LogP contribution in [0.4, 0.5) is 0 Å². The average molecular weight is 533 g/mol. The molecular formula is C31H33ClN2O4. The van der Waals surface area contributed by atoms with E-state index >= 15 is 0 Å². The lowest BCUT2D eigenvalue weighted by atomic mass is 9.77. The minimum atomic E-state index is -0.961. The Bertz CT molecular complexity index is 1300. The van der Waals surface area contributed by atoms with Crippen LogP contribution in [0.5, 0.6) is 0 Å². The van der Waals surface area contributed by atoms with Crippen molar-refractivity contribution in [1.29, 1.82) is 0 Å². The maximum absolute atomic E-state index is 14.2. The Labute approximate surface area is 228 Å². The van der Waals surface area contributed by atoms with E-state index in [4.69, 9.17) is 16.7 Å². The largest absolute Gasteiger partial charge is 0.481 e. The summed E-state index contributed by atoms with van der Waals surface area (Å²) in [4.78, 5) is 39.4. The highest BCUT2D eigenvalue weighted by molar-refractivity contribution is 6.30. The summed E-state index contributed by atoms with van der Waals surface area (Å²) in [7, 11) is 0. The second kappa shape index (κ2) is 12.3. The summed E-state index contributed by atoms with van der Waals surface area (Å²) in [5.41, 5.74) is 5.97. The summed E-state index contributed by atoms with van der Waals surface area (Å²) in [5, 5.41) is 12.1. The highest BCUT2D eigenvalue weighted by Crippen LogP contribution is 2.40. The van der Waals surface area contributed by atoms with Gasteiger partial charge >= 0.3 is 5.97 Å². The van der Waals surface area contributed by atoms with E-state index in [0.29, 0.717) is 23.7 Å². The molecule has 2 amide bonds. The molecule has 0 spiro atoms.